The molecule has 100 valence electrons. The Bertz CT molecular complexity index is 906. The molecule has 0 aliphatic rings. The number of nitrogens with zero attached hydrogens (tertiary/aromatic N) is 1. The van der Waals surface area contributed by atoms with E-state index in [9.17, 15) is 4.39 Å². The molecule has 0 saturated carbocycles. The van der Waals surface area contributed by atoms with Crippen molar-refractivity contribution in [2.45, 2.75) is 0 Å². The highest BCUT2D eigenvalue weighted by molar-refractivity contribution is 6.09. The number of halogens is 1. The van der Waals surface area contributed by atoms with Gasteiger partial charge in [0, 0.05) is 16.3 Å². The van der Waals surface area contributed by atoms with Gasteiger partial charge in [-0.05, 0) is 29.8 Å². The molecule has 0 spiro atoms. The Balaban J connectivity index is 2.21. The van der Waals surface area contributed by atoms with Gasteiger partial charge >= 0.3 is 0 Å². The standard InChI is InChI=1S/C19H12FN/c20-14-7-5-6-13(12-14)19-15-8-1-3-10-17(15)21-18-11-4-2-9-16(18)19/h1-12H. The van der Waals surface area contributed by atoms with Gasteiger partial charge in [-0.25, -0.2) is 9.37 Å². The molecule has 4 aromatic rings. The maximum atomic E-state index is 13.6. The van der Waals surface area contributed by atoms with Gasteiger partial charge in [0.2, 0.25) is 0 Å². The Morgan fingerprint density at radius 3 is 1.90 bits per heavy atom. The Hall–Kier alpha value is -2.74. The molecule has 0 aliphatic carbocycles. The van der Waals surface area contributed by atoms with Gasteiger partial charge in [0.1, 0.15) is 5.82 Å². The van der Waals surface area contributed by atoms with E-state index in [1.807, 2.05) is 54.6 Å². The molecule has 0 radical (unpaired) electrons. The van der Waals surface area contributed by atoms with E-state index in [4.69, 9.17) is 4.98 Å². The van der Waals surface area contributed by atoms with E-state index >= 15 is 0 Å². The summed E-state index contributed by atoms with van der Waals surface area (Å²) >= 11 is 0. The van der Waals surface area contributed by atoms with Gasteiger partial charge < -0.3 is 0 Å². The van der Waals surface area contributed by atoms with Crippen molar-refractivity contribution in [1.82, 2.24) is 4.98 Å². The van der Waals surface area contributed by atoms with E-state index in [2.05, 4.69) is 0 Å². The quantitative estimate of drug-likeness (QED) is 0.435. The second-order valence-electron chi connectivity index (χ2n) is 5.03. The molecule has 0 aliphatic heterocycles. The highest BCUT2D eigenvalue weighted by Gasteiger charge is 2.10. The van der Waals surface area contributed by atoms with Gasteiger partial charge in [0.05, 0.1) is 11.0 Å². The van der Waals surface area contributed by atoms with Gasteiger partial charge in [-0.3, -0.25) is 0 Å². The van der Waals surface area contributed by atoms with Gasteiger partial charge in [0.25, 0.3) is 0 Å². The molecule has 3 aromatic carbocycles. The molecule has 1 aromatic heterocycles. The summed E-state index contributed by atoms with van der Waals surface area (Å²) in [6.07, 6.45) is 0. The number of rotatable bonds is 1. The molecule has 1 nitrogen and oxygen atoms in total. The van der Waals surface area contributed by atoms with Crippen LogP contribution in [0.25, 0.3) is 32.9 Å². The number of pyridine rings is 1. The summed E-state index contributed by atoms with van der Waals surface area (Å²) in [4.78, 5) is 4.69. The van der Waals surface area contributed by atoms with E-state index in [1.54, 1.807) is 12.1 Å². The van der Waals surface area contributed by atoms with Crippen LogP contribution in [0.3, 0.4) is 0 Å². The molecule has 0 fully saturated rings. The summed E-state index contributed by atoms with van der Waals surface area (Å²) in [6.45, 7) is 0. The summed E-state index contributed by atoms with van der Waals surface area (Å²) in [5, 5.41) is 2.09. The number of benzene rings is 3. The molecule has 2 heteroatoms. The van der Waals surface area contributed by atoms with E-state index in [0.717, 1.165) is 32.9 Å². The normalized spacial score (nSPS) is 11.1. The maximum absolute atomic E-state index is 13.6. The molecular weight excluding hydrogens is 261 g/mol. The van der Waals surface area contributed by atoms with Crippen molar-refractivity contribution >= 4 is 21.8 Å². The van der Waals surface area contributed by atoms with Crippen LogP contribution in [0.2, 0.25) is 0 Å². The van der Waals surface area contributed by atoms with Gasteiger partial charge in [-0.1, -0.05) is 48.5 Å². The second-order valence-corrected chi connectivity index (χ2v) is 5.03. The van der Waals surface area contributed by atoms with E-state index in [0.29, 0.717) is 0 Å². The van der Waals surface area contributed by atoms with Crippen molar-refractivity contribution in [2.75, 3.05) is 0 Å². The average molecular weight is 273 g/mol. The van der Waals surface area contributed by atoms with E-state index < -0.39 is 0 Å². The Morgan fingerprint density at radius 1 is 0.667 bits per heavy atom. The van der Waals surface area contributed by atoms with Crippen LogP contribution >= 0.6 is 0 Å². The molecule has 1 heterocycles. The molecule has 4 rings (SSSR count). The van der Waals surface area contributed by atoms with Crippen molar-refractivity contribution < 1.29 is 4.39 Å². The van der Waals surface area contributed by atoms with Crippen LogP contribution in [0.15, 0.2) is 72.8 Å². The average Bonchev–Trinajstić information content (AvgIpc) is 2.52. The van der Waals surface area contributed by atoms with Crippen LogP contribution in [-0.2, 0) is 0 Å². The third kappa shape index (κ3) is 1.96. The fraction of sp³-hybridized carbons (Fsp3) is 0. The lowest BCUT2D eigenvalue weighted by Crippen LogP contribution is -1.89. The topological polar surface area (TPSA) is 12.9 Å². The zero-order valence-electron chi connectivity index (χ0n) is 11.3. The minimum Gasteiger partial charge on any atom is -0.248 e. The molecule has 21 heavy (non-hydrogen) atoms. The summed E-state index contributed by atoms with van der Waals surface area (Å²) in [5.41, 5.74) is 3.77. The van der Waals surface area contributed by atoms with E-state index in [-0.39, 0.29) is 5.82 Å². The van der Waals surface area contributed by atoms with Crippen LogP contribution < -0.4 is 0 Å². The Labute approximate surface area is 121 Å². The number of aromatic nitrogens is 1. The first-order chi connectivity index (χ1) is 10.3. The van der Waals surface area contributed by atoms with E-state index in [1.165, 1.54) is 6.07 Å². The first kappa shape index (κ1) is 12.0. The molecule has 0 amide bonds. The number of hydrogen-bond donors (Lipinski definition) is 0. The highest BCUT2D eigenvalue weighted by Crippen LogP contribution is 2.34. The Kier molecular flexibility index (Phi) is 2.68. The number of fused-ring (bicyclic) bond motifs is 2. The fourth-order valence-electron chi connectivity index (χ4n) is 2.79. The number of para-hydroxylation sites is 2. The van der Waals surface area contributed by atoms with Crippen LogP contribution in [-0.4, -0.2) is 4.98 Å². The van der Waals surface area contributed by atoms with Crippen LogP contribution in [0, 0.1) is 5.82 Å². The highest BCUT2D eigenvalue weighted by atomic mass is 19.1. The maximum Gasteiger partial charge on any atom is 0.123 e. The molecule has 0 atom stereocenters. The number of hydrogen-bond acceptors (Lipinski definition) is 1. The predicted molar refractivity (Wildman–Crippen MR) is 84.6 cm³/mol. The molecule has 0 bridgehead atoms. The molecule has 0 N–H and O–H groups in total. The lowest BCUT2D eigenvalue weighted by Gasteiger charge is -2.11. The summed E-state index contributed by atoms with van der Waals surface area (Å²) in [5.74, 6) is -0.225. The van der Waals surface area contributed by atoms with Crippen molar-refractivity contribution in [3.8, 4) is 11.1 Å². The second kappa shape index (κ2) is 4.67. The third-order valence-corrected chi connectivity index (χ3v) is 3.70. The molecular formula is C19H12FN. The van der Waals surface area contributed by atoms with Crippen molar-refractivity contribution in [3.05, 3.63) is 78.6 Å². The smallest absolute Gasteiger partial charge is 0.123 e. The lowest BCUT2D eigenvalue weighted by atomic mass is 9.96. The van der Waals surface area contributed by atoms with Gasteiger partial charge in [-0.2, -0.15) is 0 Å². The van der Waals surface area contributed by atoms with Crippen molar-refractivity contribution in [2.24, 2.45) is 0 Å². The van der Waals surface area contributed by atoms with Crippen LogP contribution in [0.4, 0.5) is 4.39 Å². The SMILES string of the molecule is Fc1cccc(-c2c3ccccc3nc3ccccc23)c1. The van der Waals surface area contributed by atoms with Crippen molar-refractivity contribution in [3.63, 3.8) is 0 Å². The Morgan fingerprint density at radius 2 is 1.29 bits per heavy atom. The predicted octanol–water partition coefficient (Wildman–Crippen LogP) is 5.19. The molecule has 0 saturated heterocycles. The minimum absolute atomic E-state index is 0.225. The summed E-state index contributed by atoms with van der Waals surface area (Å²) in [7, 11) is 0. The van der Waals surface area contributed by atoms with Gasteiger partial charge in [0.15, 0.2) is 0 Å². The first-order valence-electron chi connectivity index (χ1n) is 6.86. The summed E-state index contributed by atoms with van der Waals surface area (Å²) in [6, 6.07) is 22.7. The molecule has 0 unspecified atom stereocenters. The van der Waals surface area contributed by atoms with Gasteiger partial charge in [-0.15, -0.1) is 0 Å². The summed E-state index contributed by atoms with van der Waals surface area (Å²) < 4.78 is 13.6. The zero-order chi connectivity index (χ0) is 14.2. The lowest BCUT2D eigenvalue weighted by molar-refractivity contribution is 0.628. The largest absolute Gasteiger partial charge is 0.248 e. The fourth-order valence-corrected chi connectivity index (χ4v) is 2.79. The van der Waals surface area contributed by atoms with Crippen molar-refractivity contribution in [1.29, 1.82) is 0 Å². The minimum atomic E-state index is -0.225. The monoisotopic (exact) mass is 273 g/mol. The third-order valence-electron chi connectivity index (χ3n) is 3.70. The zero-order valence-corrected chi connectivity index (χ0v) is 11.3. The van der Waals surface area contributed by atoms with Crippen LogP contribution in [0.5, 0.6) is 0 Å². The first-order valence-corrected chi connectivity index (χ1v) is 6.86. The van der Waals surface area contributed by atoms with Crippen LogP contribution in [0.1, 0.15) is 0 Å².